The van der Waals surface area contributed by atoms with Gasteiger partial charge in [0, 0.05) is 11.4 Å². The Morgan fingerprint density at radius 1 is 1.38 bits per heavy atom. The van der Waals surface area contributed by atoms with Gasteiger partial charge in [0.2, 0.25) is 0 Å². The molecule has 0 fully saturated rings. The van der Waals surface area contributed by atoms with Crippen LogP contribution in [-0.2, 0) is 6.42 Å². The van der Waals surface area contributed by atoms with E-state index in [1.165, 1.54) is 11.5 Å². The summed E-state index contributed by atoms with van der Waals surface area (Å²) in [5.41, 5.74) is 1.84. The maximum atomic E-state index is 10.0. The predicted octanol–water partition coefficient (Wildman–Crippen LogP) is 2.78. The second-order valence-corrected chi connectivity index (χ2v) is 4.79. The lowest BCUT2D eigenvalue weighted by atomic mass is 10.1. The zero-order chi connectivity index (χ0) is 11.5. The average molecular weight is 255 g/mol. The maximum Gasteiger partial charge on any atom is 0.0957 e. The molecule has 0 saturated carbocycles. The van der Waals surface area contributed by atoms with Gasteiger partial charge < -0.3 is 5.11 Å². The number of benzene rings is 1. The Balaban J connectivity index is 2.10. The van der Waals surface area contributed by atoms with Gasteiger partial charge in [0.15, 0.2) is 0 Å². The van der Waals surface area contributed by atoms with Crippen molar-refractivity contribution < 1.29 is 5.11 Å². The van der Waals surface area contributed by atoms with E-state index < -0.39 is 6.10 Å². The molecule has 2 rings (SSSR count). The molecule has 2 aromatic rings. The molecule has 1 unspecified atom stereocenters. The minimum absolute atomic E-state index is 0.541. The summed E-state index contributed by atoms with van der Waals surface area (Å²) in [5, 5.41) is 14.6. The molecule has 0 aliphatic carbocycles. The number of aliphatic hydroxyl groups is 1. The van der Waals surface area contributed by atoms with Crippen LogP contribution in [0.1, 0.15) is 22.2 Å². The highest BCUT2D eigenvalue weighted by Gasteiger charge is 2.14. The second kappa shape index (κ2) is 4.91. The van der Waals surface area contributed by atoms with Gasteiger partial charge in [-0.1, -0.05) is 28.2 Å². The first kappa shape index (κ1) is 11.5. The zero-order valence-corrected chi connectivity index (χ0v) is 10.3. The number of halogens is 1. The van der Waals surface area contributed by atoms with Gasteiger partial charge in [0.05, 0.1) is 16.7 Å². The van der Waals surface area contributed by atoms with E-state index in [0.717, 1.165) is 16.1 Å². The van der Waals surface area contributed by atoms with Gasteiger partial charge in [0.1, 0.15) is 0 Å². The smallest absolute Gasteiger partial charge is 0.0957 e. The first-order valence-electron chi connectivity index (χ1n) is 4.88. The number of hydrogen-bond donors (Lipinski definition) is 1. The third-order valence-corrected chi connectivity index (χ3v) is 3.51. The molecule has 0 aliphatic heterocycles. The SMILES string of the molecule is Cc1nnsc1C(O)Cc1ccc(Cl)cc1. The lowest BCUT2D eigenvalue weighted by molar-refractivity contribution is 0.181. The Kier molecular flexibility index (Phi) is 3.53. The van der Waals surface area contributed by atoms with E-state index in [2.05, 4.69) is 9.59 Å². The van der Waals surface area contributed by atoms with Crippen molar-refractivity contribution in [3.8, 4) is 0 Å². The summed E-state index contributed by atoms with van der Waals surface area (Å²) in [7, 11) is 0. The Morgan fingerprint density at radius 2 is 2.06 bits per heavy atom. The maximum absolute atomic E-state index is 10.0. The Labute approximate surface area is 103 Å². The summed E-state index contributed by atoms with van der Waals surface area (Å²) >= 11 is 7.04. The molecule has 1 atom stereocenters. The molecule has 84 valence electrons. The third-order valence-electron chi connectivity index (χ3n) is 2.33. The number of nitrogens with zero attached hydrogens (tertiary/aromatic N) is 2. The summed E-state index contributed by atoms with van der Waals surface area (Å²) < 4.78 is 3.81. The number of aryl methyl sites for hydroxylation is 1. The number of aromatic nitrogens is 2. The molecule has 0 saturated heterocycles. The summed E-state index contributed by atoms with van der Waals surface area (Å²) in [6.07, 6.45) is 0.0168. The number of hydrogen-bond acceptors (Lipinski definition) is 4. The quantitative estimate of drug-likeness (QED) is 0.916. The van der Waals surface area contributed by atoms with Gasteiger partial charge in [-0.05, 0) is 36.2 Å². The van der Waals surface area contributed by atoms with Gasteiger partial charge in [-0.2, -0.15) is 0 Å². The van der Waals surface area contributed by atoms with Gasteiger partial charge in [-0.15, -0.1) is 5.10 Å². The molecule has 0 bridgehead atoms. The fourth-order valence-electron chi connectivity index (χ4n) is 1.48. The van der Waals surface area contributed by atoms with E-state index in [0.29, 0.717) is 11.4 Å². The van der Waals surface area contributed by atoms with Crippen LogP contribution in [0.4, 0.5) is 0 Å². The molecule has 1 aromatic carbocycles. The van der Waals surface area contributed by atoms with Crippen molar-refractivity contribution in [2.45, 2.75) is 19.4 Å². The topological polar surface area (TPSA) is 46.0 Å². The van der Waals surface area contributed by atoms with Gasteiger partial charge in [-0.25, -0.2) is 0 Å². The minimum atomic E-state index is -0.541. The van der Waals surface area contributed by atoms with Crippen molar-refractivity contribution in [3.05, 3.63) is 45.4 Å². The molecular weight excluding hydrogens is 244 g/mol. The van der Waals surface area contributed by atoms with Crippen molar-refractivity contribution in [2.75, 3.05) is 0 Å². The summed E-state index contributed by atoms with van der Waals surface area (Å²) in [5.74, 6) is 0. The van der Waals surface area contributed by atoms with Crippen LogP contribution in [0.3, 0.4) is 0 Å². The molecule has 1 N–H and O–H groups in total. The van der Waals surface area contributed by atoms with Crippen LogP contribution in [0.2, 0.25) is 5.02 Å². The second-order valence-electron chi connectivity index (χ2n) is 3.57. The molecule has 16 heavy (non-hydrogen) atoms. The van der Waals surface area contributed by atoms with E-state index in [1.54, 1.807) is 0 Å². The van der Waals surface area contributed by atoms with Crippen molar-refractivity contribution >= 4 is 23.1 Å². The fourth-order valence-corrected chi connectivity index (χ4v) is 2.23. The highest BCUT2D eigenvalue weighted by atomic mass is 35.5. The Bertz CT molecular complexity index is 469. The lowest BCUT2D eigenvalue weighted by Gasteiger charge is -2.08. The highest BCUT2D eigenvalue weighted by molar-refractivity contribution is 7.05. The average Bonchev–Trinajstić information content (AvgIpc) is 2.68. The largest absolute Gasteiger partial charge is 0.387 e. The summed E-state index contributed by atoms with van der Waals surface area (Å²) in [6, 6.07) is 7.47. The van der Waals surface area contributed by atoms with Crippen LogP contribution in [0, 0.1) is 6.92 Å². The van der Waals surface area contributed by atoms with Crippen LogP contribution in [-0.4, -0.2) is 14.7 Å². The highest BCUT2D eigenvalue weighted by Crippen LogP contribution is 2.23. The van der Waals surface area contributed by atoms with Crippen molar-refractivity contribution in [1.82, 2.24) is 9.59 Å². The van der Waals surface area contributed by atoms with E-state index >= 15 is 0 Å². The van der Waals surface area contributed by atoms with Crippen LogP contribution < -0.4 is 0 Å². The first-order valence-corrected chi connectivity index (χ1v) is 6.03. The molecule has 0 amide bonds. The monoisotopic (exact) mass is 254 g/mol. The standard InChI is InChI=1S/C11H11ClN2OS/c1-7-11(16-14-13-7)10(15)6-8-2-4-9(12)5-3-8/h2-5,10,15H,6H2,1H3. The van der Waals surface area contributed by atoms with E-state index in [9.17, 15) is 5.11 Å². The number of aliphatic hydroxyl groups excluding tert-OH is 1. The summed E-state index contributed by atoms with van der Waals surface area (Å²) in [6.45, 7) is 1.85. The predicted molar refractivity (Wildman–Crippen MR) is 64.8 cm³/mol. The van der Waals surface area contributed by atoms with Crippen molar-refractivity contribution in [1.29, 1.82) is 0 Å². The molecule has 0 spiro atoms. The molecule has 1 heterocycles. The third kappa shape index (κ3) is 2.58. The fraction of sp³-hybridized carbons (Fsp3) is 0.273. The van der Waals surface area contributed by atoms with E-state index in [-0.39, 0.29) is 0 Å². The number of rotatable bonds is 3. The molecule has 5 heteroatoms. The van der Waals surface area contributed by atoms with Gasteiger partial charge in [0.25, 0.3) is 0 Å². The van der Waals surface area contributed by atoms with Crippen molar-refractivity contribution in [3.63, 3.8) is 0 Å². The van der Waals surface area contributed by atoms with Crippen LogP contribution in [0.25, 0.3) is 0 Å². The van der Waals surface area contributed by atoms with Crippen LogP contribution in [0.5, 0.6) is 0 Å². The molecule has 0 radical (unpaired) electrons. The summed E-state index contributed by atoms with van der Waals surface area (Å²) in [4.78, 5) is 0.829. The minimum Gasteiger partial charge on any atom is -0.387 e. The van der Waals surface area contributed by atoms with Crippen LogP contribution >= 0.6 is 23.1 Å². The van der Waals surface area contributed by atoms with Gasteiger partial charge >= 0.3 is 0 Å². The molecular formula is C11H11ClN2OS. The Morgan fingerprint density at radius 3 is 2.62 bits per heavy atom. The molecule has 0 aliphatic rings. The lowest BCUT2D eigenvalue weighted by Crippen LogP contribution is -2.01. The first-order chi connectivity index (χ1) is 7.66. The molecule has 3 nitrogen and oxygen atoms in total. The van der Waals surface area contributed by atoms with Crippen LogP contribution in [0.15, 0.2) is 24.3 Å². The van der Waals surface area contributed by atoms with E-state index in [4.69, 9.17) is 11.6 Å². The van der Waals surface area contributed by atoms with Gasteiger partial charge in [-0.3, -0.25) is 0 Å². The van der Waals surface area contributed by atoms with Crippen molar-refractivity contribution in [2.24, 2.45) is 0 Å². The normalized spacial score (nSPS) is 12.7. The Hall–Kier alpha value is -0.970. The molecule has 1 aromatic heterocycles. The zero-order valence-electron chi connectivity index (χ0n) is 8.72. The van der Waals surface area contributed by atoms with E-state index in [1.807, 2.05) is 31.2 Å².